The Morgan fingerprint density at radius 2 is 2.00 bits per heavy atom. The Balaban J connectivity index is 1.97. The van der Waals surface area contributed by atoms with Gasteiger partial charge >= 0.3 is 5.97 Å². The zero-order valence-electron chi connectivity index (χ0n) is 13.1. The zero-order chi connectivity index (χ0) is 16.6. The van der Waals surface area contributed by atoms with E-state index in [-0.39, 0.29) is 29.0 Å². The van der Waals surface area contributed by atoms with Gasteiger partial charge in [-0.2, -0.15) is 0 Å². The van der Waals surface area contributed by atoms with Gasteiger partial charge in [-0.1, -0.05) is 18.9 Å². The number of carbonyl (C=O) groups is 2. The average molecular weight is 319 g/mol. The van der Waals surface area contributed by atoms with E-state index in [1.165, 1.54) is 18.1 Å². The fourth-order valence-electron chi connectivity index (χ4n) is 3.97. The van der Waals surface area contributed by atoms with Gasteiger partial charge in [0.05, 0.1) is 12.7 Å². The summed E-state index contributed by atoms with van der Waals surface area (Å²) >= 11 is 0. The summed E-state index contributed by atoms with van der Waals surface area (Å²) in [5.41, 5.74) is 0.0989. The van der Waals surface area contributed by atoms with Gasteiger partial charge in [-0.15, -0.1) is 0 Å². The van der Waals surface area contributed by atoms with Crippen LogP contribution in [0.25, 0.3) is 0 Å². The zero-order valence-corrected chi connectivity index (χ0v) is 13.1. The number of carbonyl (C=O) groups excluding carboxylic acids is 1. The highest BCUT2D eigenvalue weighted by atomic mass is 16.5. The molecule has 1 saturated heterocycles. The highest BCUT2D eigenvalue weighted by Crippen LogP contribution is 2.41. The second-order valence-corrected chi connectivity index (χ2v) is 6.27. The third-order valence-electron chi connectivity index (χ3n) is 5.06. The number of fused-ring (bicyclic) bond motifs is 1. The quantitative estimate of drug-likeness (QED) is 0.892. The Kier molecular flexibility index (Phi) is 4.15. The summed E-state index contributed by atoms with van der Waals surface area (Å²) in [5, 5.41) is 19.7. The molecule has 6 nitrogen and oxygen atoms in total. The maximum absolute atomic E-state index is 13.0. The van der Waals surface area contributed by atoms with Crippen LogP contribution in [0.5, 0.6) is 11.5 Å². The van der Waals surface area contributed by atoms with E-state index >= 15 is 0 Å². The maximum Gasteiger partial charge on any atom is 0.326 e. The first-order valence-corrected chi connectivity index (χ1v) is 7.96. The molecule has 1 saturated carbocycles. The maximum atomic E-state index is 13.0. The fourth-order valence-corrected chi connectivity index (χ4v) is 3.97. The molecule has 1 aromatic rings. The number of hydrogen-bond donors (Lipinski definition) is 2. The molecule has 2 aliphatic rings. The van der Waals surface area contributed by atoms with E-state index in [0.29, 0.717) is 6.42 Å². The topological polar surface area (TPSA) is 87.1 Å². The van der Waals surface area contributed by atoms with Crippen LogP contribution in [0.4, 0.5) is 0 Å². The summed E-state index contributed by atoms with van der Waals surface area (Å²) in [4.78, 5) is 26.0. The number of hydrogen-bond acceptors (Lipinski definition) is 4. The lowest BCUT2D eigenvalue weighted by Crippen LogP contribution is -2.46. The number of aliphatic carboxylic acids is 1. The van der Waals surface area contributed by atoms with Crippen molar-refractivity contribution < 1.29 is 24.5 Å². The van der Waals surface area contributed by atoms with E-state index in [1.807, 2.05) is 0 Å². The molecule has 1 aliphatic carbocycles. The smallest absolute Gasteiger partial charge is 0.326 e. The molecule has 0 bridgehead atoms. The number of carboxylic acids is 1. The molecule has 3 unspecified atom stereocenters. The number of phenols is 1. The Morgan fingerprint density at radius 1 is 1.26 bits per heavy atom. The number of para-hydroxylation sites is 1. The molecule has 1 aromatic carbocycles. The largest absolute Gasteiger partial charge is 0.504 e. The predicted octanol–water partition coefficient (Wildman–Crippen LogP) is 2.26. The minimum atomic E-state index is -0.977. The molecule has 3 atom stereocenters. The third kappa shape index (κ3) is 2.62. The number of benzene rings is 1. The standard InChI is InChI=1S/C17H21NO5/c1-23-14-8-4-6-11(15(14)19)16(20)18-12-7-3-2-5-10(12)9-13(18)17(21)22/h4,6,8,10,12-13,19H,2-3,5,7,9H2,1H3,(H,21,22). The van der Waals surface area contributed by atoms with Crippen molar-refractivity contribution in [2.75, 3.05) is 7.11 Å². The van der Waals surface area contributed by atoms with Gasteiger partial charge in [-0.25, -0.2) is 4.79 Å². The Morgan fingerprint density at radius 3 is 2.70 bits per heavy atom. The lowest BCUT2D eigenvalue weighted by atomic mass is 9.84. The minimum absolute atomic E-state index is 0.0528. The van der Waals surface area contributed by atoms with Crippen molar-refractivity contribution >= 4 is 11.9 Å². The van der Waals surface area contributed by atoms with Gasteiger partial charge in [-0.3, -0.25) is 4.79 Å². The molecule has 2 fully saturated rings. The SMILES string of the molecule is COc1cccc(C(=O)N2C(C(=O)O)CC3CCCCC32)c1O. The second kappa shape index (κ2) is 6.10. The average Bonchev–Trinajstić information content (AvgIpc) is 2.94. The van der Waals surface area contributed by atoms with Crippen LogP contribution in [0.2, 0.25) is 0 Å². The van der Waals surface area contributed by atoms with Crippen LogP contribution < -0.4 is 4.74 Å². The van der Waals surface area contributed by atoms with E-state index in [2.05, 4.69) is 0 Å². The molecule has 1 aliphatic heterocycles. The molecule has 2 N–H and O–H groups in total. The van der Waals surface area contributed by atoms with Gasteiger partial charge in [0.2, 0.25) is 0 Å². The van der Waals surface area contributed by atoms with Crippen molar-refractivity contribution in [3.05, 3.63) is 23.8 Å². The lowest BCUT2D eigenvalue weighted by Gasteiger charge is -2.33. The van der Waals surface area contributed by atoms with Gasteiger partial charge in [-0.05, 0) is 37.3 Å². The minimum Gasteiger partial charge on any atom is -0.504 e. The monoisotopic (exact) mass is 319 g/mol. The van der Waals surface area contributed by atoms with Crippen molar-refractivity contribution in [3.8, 4) is 11.5 Å². The van der Waals surface area contributed by atoms with Gasteiger partial charge in [0.1, 0.15) is 6.04 Å². The van der Waals surface area contributed by atoms with Crippen LogP contribution in [-0.2, 0) is 4.79 Å². The molecule has 3 rings (SSSR count). The summed E-state index contributed by atoms with van der Waals surface area (Å²) in [7, 11) is 1.41. The molecule has 1 amide bonds. The molecule has 0 radical (unpaired) electrons. The van der Waals surface area contributed by atoms with Crippen molar-refractivity contribution in [2.24, 2.45) is 5.92 Å². The summed E-state index contributed by atoms with van der Waals surface area (Å²) in [6, 6.07) is 3.82. The van der Waals surface area contributed by atoms with Crippen LogP contribution in [-0.4, -0.2) is 46.2 Å². The number of phenolic OH excluding ortho intramolecular Hbond substituents is 1. The van der Waals surface area contributed by atoms with Gasteiger partial charge in [0.15, 0.2) is 11.5 Å². The number of ether oxygens (including phenoxy) is 1. The van der Waals surface area contributed by atoms with Gasteiger partial charge < -0.3 is 19.8 Å². The van der Waals surface area contributed by atoms with E-state index in [9.17, 15) is 19.8 Å². The van der Waals surface area contributed by atoms with Crippen LogP contribution in [0.3, 0.4) is 0 Å². The normalized spacial score (nSPS) is 26.7. The summed E-state index contributed by atoms with van der Waals surface area (Å²) < 4.78 is 5.04. The summed E-state index contributed by atoms with van der Waals surface area (Å²) in [6.45, 7) is 0. The molecule has 124 valence electrons. The molecule has 23 heavy (non-hydrogen) atoms. The predicted molar refractivity (Wildman–Crippen MR) is 82.6 cm³/mol. The van der Waals surface area contributed by atoms with Crippen molar-refractivity contribution in [1.29, 1.82) is 0 Å². The first-order valence-electron chi connectivity index (χ1n) is 7.96. The number of methoxy groups -OCH3 is 1. The number of likely N-dealkylation sites (tertiary alicyclic amines) is 1. The Labute approximate surface area is 134 Å². The number of rotatable bonds is 3. The second-order valence-electron chi connectivity index (χ2n) is 6.27. The number of carboxylic acid groups (broad SMARTS) is 1. The summed E-state index contributed by atoms with van der Waals surface area (Å²) in [5.74, 6) is -1.19. The molecule has 6 heteroatoms. The Hall–Kier alpha value is -2.24. The van der Waals surface area contributed by atoms with Crippen molar-refractivity contribution in [1.82, 2.24) is 4.90 Å². The van der Waals surface area contributed by atoms with Crippen molar-refractivity contribution in [2.45, 2.75) is 44.2 Å². The van der Waals surface area contributed by atoms with E-state index in [1.54, 1.807) is 12.1 Å². The van der Waals surface area contributed by atoms with Gasteiger partial charge in [0.25, 0.3) is 5.91 Å². The molecule has 1 heterocycles. The van der Waals surface area contributed by atoms with E-state index in [4.69, 9.17) is 4.74 Å². The van der Waals surface area contributed by atoms with Crippen LogP contribution in [0.15, 0.2) is 18.2 Å². The van der Waals surface area contributed by atoms with E-state index < -0.39 is 17.9 Å². The molecule has 0 spiro atoms. The first-order chi connectivity index (χ1) is 11.0. The van der Waals surface area contributed by atoms with E-state index in [0.717, 1.165) is 25.7 Å². The molecular formula is C17H21NO5. The number of aromatic hydroxyl groups is 1. The van der Waals surface area contributed by atoms with Crippen LogP contribution in [0.1, 0.15) is 42.5 Å². The molecular weight excluding hydrogens is 298 g/mol. The van der Waals surface area contributed by atoms with Crippen LogP contribution >= 0.6 is 0 Å². The molecule has 0 aromatic heterocycles. The lowest BCUT2D eigenvalue weighted by molar-refractivity contribution is -0.141. The van der Waals surface area contributed by atoms with Crippen molar-refractivity contribution in [3.63, 3.8) is 0 Å². The Bertz CT molecular complexity index is 629. The fraction of sp³-hybridized carbons (Fsp3) is 0.529. The number of nitrogens with zero attached hydrogens (tertiary/aromatic N) is 1. The third-order valence-corrected chi connectivity index (χ3v) is 5.06. The first kappa shape index (κ1) is 15.6. The van der Waals surface area contributed by atoms with Gasteiger partial charge in [0, 0.05) is 6.04 Å². The highest BCUT2D eigenvalue weighted by molar-refractivity contribution is 6.00. The number of amides is 1. The summed E-state index contributed by atoms with van der Waals surface area (Å²) in [6.07, 6.45) is 4.37. The van der Waals surface area contributed by atoms with Crippen LogP contribution in [0, 0.1) is 5.92 Å². The highest BCUT2D eigenvalue weighted by Gasteiger charge is 2.48.